The Morgan fingerprint density at radius 2 is 1.81 bits per heavy atom. The molecule has 26 heavy (non-hydrogen) atoms. The number of methoxy groups -OCH3 is 1. The first kappa shape index (κ1) is 19.1. The number of para-hydroxylation sites is 2. The molecule has 0 fully saturated rings. The van der Waals surface area contributed by atoms with Crippen molar-refractivity contribution in [3.8, 4) is 11.5 Å². The van der Waals surface area contributed by atoms with E-state index in [1.807, 2.05) is 31.2 Å². The first-order valence-corrected chi connectivity index (χ1v) is 8.13. The molecule has 0 aliphatic heterocycles. The molecule has 0 saturated carbocycles. The Labute approximate surface area is 152 Å². The maximum absolute atomic E-state index is 11.9. The summed E-state index contributed by atoms with van der Waals surface area (Å²) in [5.41, 5.74) is 1.34. The molecule has 1 amide bonds. The average molecular weight is 355 g/mol. The van der Waals surface area contributed by atoms with Crippen LogP contribution in [0.3, 0.4) is 0 Å². The molecule has 1 N–H and O–H groups in total. The van der Waals surface area contributed by atoms with E-state index in [1.54, 1.807) is 30.3 Å². The number of benzene rings is 2. The fourth-order valence-corrected chi connectivity index (χ4v) is 2.13. The highest BCUT2D eigenvalue weighted by atomic mass is 16.5. The SMILES string of the molecule is CCOc1ccc(/C=C/C(=O)OCC(=O)Nc2ccccc2OC)cc1. The molecule has 136 valence electrons. The zero-order valence-corrected chi connectivity index (χ0v) is 14.7. The molecule has 2 rings (SSSR count). The molecule has 0 aromatic heterocycles. The van der Waals surface area contributed by atoms with E-state index >= 15 is 0 Å². The lowest BCUT2D eigenvalue weighted by Gasteiger charge is -2.09. The van der Waals surface area contributed by atoms with Crippen molar-refractivity contribution in [3.05, 3.63) is 60.2 Å². The fraction of sp³-hybridized carbons (Fsp3) is 0.200. The van der Waals surface area contributed by atoms with Crippen LogP contribution in [0.2, 0.25) is 0 Å². The maximum atomic E-state index is 11.9. The van der Waals surface area contributed by atoms with E-state index in [-0.39, 0.29) is 6.61 Å². The summed E-state index contributed by atoms with van der Waals surface area (Å²) in [5.74, 6) is 0.245. The van der Waals surface area contributed by atoms with E-state index in [1.165, 1.54) is 13.2 Å². The lowest BCUT2D eigenvalue weighted by molar-refractivity contribution is -0.142. The van der Waals surface area contributed by atoms with Crippen molar-refractivity contribution < 1.29 is 23.8 Å². The van der Waals surface area contributed by atoms with Gasteiger partial charge in [-0.05, 0) is 42.8 Å². The summed E-state index contributed by atoms with van der Waals surface area (Å²) in [6.07, 6.45) is 2.88. The van der Waals surface area contributed by atoms with Gasteiger partial charge in [-0.2, -0.15) is 0 Å². The lowest BCUT2D eigenvalue weighted by Crippen LogP contribution is -2.20. The molecule has 0 bridgehead atoms. The molecular formula is C20H21NO5. The molecular weight excluding hydrogens is 334 g/mol. The molecule has 0 aliphatic rings. The van der Waals surface area contributed by atoms with Crippen LogP contribution in [-0.2, 0) is 14.3 Å². The standard InChI is InChI=1S/C20H21NO5/c1-3-25-16-11-8-15(9-12-16)10-13-20(23)26-14-19(22)21-17-6-4-5-7-18(17)24-2/h4-13H,3,14H2,1-2H3,(H,21,22)/b13-10+. The number of carbonyl (C=O) groups excluding carboxylic acids is 2. The monoisotopic (exact) mass is 355 g/mol. The van der Waals surface area contributed by atoms with Gasteiger partial charge in [0, 0.05) is 6.08 Å². The van der Waals surface area contributed by atoms with E-state index in [9.17, 15) is 9.59 Å². The smallest absolute Gasteiger partial charge is 0.331 e. The number of hydrogen-bond acceptors (Lipinski definition) is 5. The van der Waals surface area contributed by atoms with E-state index < -0.39 is 11.9 Å². The Morgan fingerprint density at radius 3 is 2.50 bits per heavy atom. The lowest BCUT2D eigenvalue weighted by atomic mass is 10.2. The van der Waals surface area contributed by atoms with Crippen LogP contribution in [-0.4, -0.2) is 32.2 Å². The minimum absolute atomic E-state index is 0.384. The van der Waals surface area contributed by atoms with E-state index in [0.717, 1.165) is 11.3 Å². The Bertz CT molecular complexity index is 768. The predicted molar refractivity (Wildman–Crippen MR) is 99.2 cm³/mol. The minimum atomic E-state index is -0.603. The van der Waals surface area contributed by atoms with Gasteiger partial charge in [-0.15, -0.1) is 0 Å². The molecule has 6 nitrogen and oxygen atoms in total. The largest absolute Gasteiger partial charge is 0.495 e. The molecule has 0 spiro atoms. The number of carbonyl (C=O) groups is 2. The second-order valence-electron chi connectivity index (χ2n) is 5.19. The topological polar surface area (TPSA) is 73.9 Å². The number of nitrogens with one attached hydrogen (secondary N) is 1. The number of rotatable bonds is 8. The van der Waals surface area contributed by atoms with Crippen molar-refractivity contribution in [2.24, 2.45) is 0 Å². The molecule has 0 atom stereocenters. The zero-order chi connectivity index (χ0) is 18.8. The molecule has 6 heteroatoms. The quantitative estimate of drug-likeness (QED) is 0.581. The summed E-state index contributed by atoms with van der Waals surface area (Å²) in [5, 5.41) is 2.63. The summed E-state index contributed by atoms with van der Waals surface area (Å²) >= 11 is 0. The molecule has 0 unspecified atom stereocenters. The number of esters is 1. The third kappa shape index (κ3) is 5.98. The van der Waals surface area contributed by atoms with Crippen molar-refractivity contribution in [2.75, 3.05) is 25.6 Å². The highest BCUT2D eigenvalue weighted by molar-refractivity contribution is 5.95. The highest BCUT2D eigenvalue weighted by Crippen LogP contribution is 2.22. The van der Waals surface area contributed by atoms with Crippen LogP contribution < -0.4 is 14.8 Å². The van der Waals surface area contributed by atoms with Gasteiger partial charge in [-0.1, -0.05) is 24.3 Å². The Hall–Kier alpha value is -3.28. The summed E-state index contributed by atoms with van der Waals surface area (Å²) in [6, 6.07) is 14.3. The van der Waals surface area contributed by atoms with Gasteiger partial charge in [0.2, 0.25) is 0 Å². The third-order valence-corrected chi connectivity index (χ3v) is 3.33. The van der Waals surface area contributed by atoms with Crippen LogP contribution in [0.1, 0.15) is 12.5 Å². The van der Waals surface area contributed by atoms with Gasteiger partial charge in [-0.3, -0.25) is 4.79 Å². The van der Waals surface area contributed by atoms with Crippen molar-refractivity contribution in [1.29, 1.82) is 0 Å². The van der Waals surface area contributed by atoms with Crippen molar-refractivity contribution in [3.63, 3.8) is 0 Å². The fourth-order valence-electron chi connectivity index (χ4n) is 2.13. The van der Waals surface area contributed by atoms with E-state index in [4.69, 9.17) is 14.2 Å². The Morgan fingerprint density at radius 1 is 1.08 bits per heavy atom. The highest BCUT2D eigenvalue weighted by Gasteiger charge is 2.08. The second kappa shape index (κ2) is 9.88. The summed E-state index contributed by atoms with van der Waals surface area (Å²) in [7, 11) is 1.51. The van der Waals surface area contributed by atoms with Crippen molar-refractivity contribution >= 4 is 23.6 Å². The van der Waals surface area contributed by atoms with E-state index in [2.05, 4.69) is 5.32 Å². The Kier molecular flexibility index (Phi) is 7.24. The summed E-state index contributed by atoms with van der Waals surface area (Å²) in [6.45, 7) is 2.12. The molecule has 0 radical (unpaired) electrons. The number of anilines is 1. The number of amides is 1. The predicted octanol–water partition coefficient (Wildman–Crippen LogP) is 3.29. The molecule has 0 heterocycles. The van der Waals surface area contributed by atoms with Crippen molar-refractivity contribution in [2.45, 2.75) is 6.92 Å². The first-order valence-electron chi connectivity index (χ1n) is 8.13. The summed E-state index contributed by atoms with van der Waals surface area (Å²) < 4.78 is 15.4. The average Bonchev–Trinajstić information content (AvgIpc) is 2.66. The van der Waals surface area contributed by atoms with Crippen LogP contribution in [0.25, 0.3) is 6.08 Å². The normalized spacial score (nSPS) is 10.4. The van der Waals surface area contributed by atoms with E-state index in [0.29, 0.717) is 18.0 Å². The van der Waals surface area contributed by atoms with Crippen LogP contribution in [0.5, 0.6) is 11.5 Å². The molecule has 0 saturated heterocycles. The molecule has 2 aromatic carbocycles. The van der Waals surface area contributed by atoms with Gasteiger partial charge in [-0.25, -0.2) is 4.79 Å². The minimum Gasteiger partial charge on any atom is -0.495 e. The van der Waals surface area contributed by atoms with Crippen molar-refractivity contribution in [1.82, 2.24) is 0 Å². The van der Waals surface area contributed by atoms with Gasteiger partial charge < -0.3 is 19.5 Å². The van der Waals surface area contributed by atoms with Crippen LogP contribution in [0, 0.1) is 0 Å². The van der Waals surface area contributed by atoms with Gasteiger partial charge >= 0.3 is 5.97 Å². The Balaban J connectivity index is 1.81. The number of hydrogen-bond donors (Lipinski definition) is 1. The third-order valence-electron chi connectivity index (χ3n) is 3.33. The van der Waals surface area contributed by atoms with Gasteiger partial charge in [0.1, 0.15) is 11.5 Å². The van der Waals surface area contributed by atoms with Crippen LogP contribution >= 0.6 is 0 Å². The summed E-state index contributed by atoms with van der Waals surface area (Å²) in [4.78, 5) is 23.6. The van der Waals surface area contributed by atoms with Gasteiger partial charge in [0.25, 0.3) is 5.91 Å². The first-order chi connectivity index (χ1) is 12.6. The zero-order valence-electron chi connectivity index (χ0n) is 14.7. The maximum Gasteiger partial charge on any atom is 0.331 e. The van der Waals surface area contributed by atoms with Gasteiger partial charge in [0.05, 0.1) is 19.4 Å². The number of ether oxygens (including phenoxy) is 3. The van der Waals surface area contributed by atoms with Crippen LogP contribution in [0.4, 0.5) is 5.69 Å². The van der Waals surface area contributed by atoms with Crippen LogP contribution in [0.15, 0.2) is 54.6 Å². The second-order valence-corrected chi connectivity index (χ2v) is 5.19. The van der Waals surface area contributed by atoms with Gasteiger partial charge in [0.15, 0.2) is 6.61 Å². The molecule has 0 aliphatic carbocycles. The molecule has 2 aromatic rings.